The Morgan fingerprint density at radius 3 is 2.78 bits per heavy atom. The van der Waals surface area contributed by atoms with E-state index in [0.29, 0.717) is 17.8 Å². The second-order valence-corrected chi connectivity index (χ2v) is 9.65. The van der Waals surface area contributed by atoms with Crippen LogP contribution in [0.2, 0.25) is 0 Å². The molecule has 1 N–H and O–H groups in total. The molecule has 1 aliphatic carbocycles. The van der Waals surface area contributed by atoms with Crippen LogP contribution in [0.3, 0.4) is 0 Å². The Hall–Kier alpha value is -0.420. The molecule has 1 unspecified atom stereocenters. The summed E-state index contributed by atoms with van der Waals surface area (Å²) in [6.45, 7) is 10.0. The van der Waals surface area contributed by atoms with Gasteiger partial charge in [-0.05, 0) is 55.3 Å². The number of rotatable bonds is 8. The molecule has 4 heteroatoms. The van der Waals surface area contributed by atoms with Crippen molar-refractivity contribution < 1.29 is 19.3 Å². The van der Waals surface area contributed by atoms with Crippen molar-refractivity contribution in [1.29, 1.82) is 0 Å². The molecule has 0 amide bonds. The third-order valence-corrected chi connectivity index (χ3v) is 6.93. The predicted octanol–water partition coefficient (Wildman–Crippen LogP) is 5.05. The lowest BCUT2D eigenvalue weighted by molar-refractivity contribution is -0.197. The van der Waals surface area contributed by atoms with Crippen LogP contribution >= 0.6 is 0 Å². The van der Waals surface area contributed by atoms with Crippen LogP contribution in [-0.4, -0.2) is 36.5 Å². The van der Waals surface area contributed by atoms with E-state index in [9.17, 15) is 5.11 Å². The molecule has 2 saturated heterocycles. The first-order valence-corrected chi connectivity index (χ1v) is 11.2. The maximum absolute atomic E-state index is 9.87. The summed E-state index contributed by atoms with van der Waals surface area (Å²) >= 11 is 0. The molecule has 2 heterocycles. The van der Waals surface area contributed by atoms with E-state index >= 15 is 0 Å². The Morgan fingerprint density at radius 1 is 1.26 bits per heavy atom. The van der Waals surface area contributed by atoms with Crippen molar-refractivity contribution in [3.05, 3.63) is 12.2 Å². The number of ether oxygens (including phenoxy) is 3. The van der Waals surface area contributed by atoms with E-state index in [1.807, 2.05) is 0 Å². The minimum atomic E-state index is -0.577. The Morgan fingerprint density at radius 2 is 2.07 bits per heavy atom. The lowest BCUT2D eigenvalue weighted by Crippen LogP contribution is -2.36. The van der Waals surface area contributed by atoms with E-state index < -0.39 is 6.29 Å². The van der Waals surface area contributed by atoms with Gasteiger partial charge < -0.3 is 19.3 Å². The molecule has 27 heavy (non-hydrogen) atoms. The maximum Gasteiger partial charge on any atom is 0.158 e. The van der Waals surface area contributed by atoms with Crippen molar-refractivity contribution in [2.75, 3.05) is 6.61 Å². The van der Waals surface area contributed by atoms with Crippen molar-refractivity contribution in [3.8, 4) is 0 Å². The third kappa shape index (κ3) is 5.35. The zero-order chi connectivity index (χ0) is 19.4. The van der Waals surface area contributed by atoms with Gasteiger partial charge in [0.25, 0.3) is 0 Å². The van der Waals surface area contributed by atoms with Gasteiger partial charge in [-0.3, -0.25) is 0 Å². The Balaban J connectivity index is 1.70. The van der Waals surface area contributed by atoms with Crippen LogP contribution in [0.15, 0.2) is 12.2 Å². The predicted molar refractivity (Wildman–Crippen MR) is 107 cm³/mol. The monoisotopic (exact) mass is 380 g/mol. The van der Waals surface area contributed by atoms with Crippen LogP contribution < -0.4 is 0 Å². The molecule has 3 fully saturated rings. The second kappa shape index (κ2) is 9.39. The topological polar surface area (TPSA) is 47.9 Å². The lowest BCUT2D eigenvalue weighted by Gasteiger charge is -2.36. The molecule has 4 nitrogen and oxygen atoms in total. The van der Waals surface area contributed by atoms with E-state index in [1.54, 1.807) is 0 Å². The van der Waals surface area contributed by atoms with E-state index in [1.165, 1.54) is 19.3 Å². The molecule has 3 rings (SSSR count). The number of hydrogen-bond donors (Lipinski definition) is 1. The molecule has 0 bridgehead atoms. The lowest BCUT2D eigenvalue weighted by atomic mass is 9.80. The van der Waals surface area contributed by atoms with Gasteiger partial charge in [0.1, 0.15) is 0 Å². The van der Waals surface area contributed by atoms with Crippen molar-refractivity contribution in [2.24, 2.45) is 23.2 Å². The minimum absolute atomic E-state index is 0.0608. The number of unbranched alkanes of at least 4 members (excludes halogenated alkanes) is 1. The molecule has 7 atom stereocenters. The number of aliphatic hydroxyl groups excluding tert-OH is 1. The molecular formula is C23H40O4. The zero-order valence-electron chi connectivity index (χ0n) is 17.7. The van der Waals surface area contributed by atoms with Crippen molar-refractivity contribution >= 4 is 0 Å². The highest BCUT2D eigenvalue weighted by molar-refractivity contribution is 5.07. The van der Waals surface area contributed by atoms with Crippen LogP contribution in [0.5, 0.6) is 0 Å². The number of aliphatic hydroxyl groups is 1. The van der Waals surface area contributed by atoms with Gasteiger partial charge in [-0.25, -0.2) is 0 Å². The summed E-state index contributed by atoms with van der Waals surface area (Å²) in [6, 6.07) is 0. The average Bonchev–Trinajstić information content (AvgIpc) is 3.12. The molecular weight excluding hydrogens is 340 g/mol. The van der Waals surface area contributed by atoms with Crippen molar-refractivity contribution in [2.45, 2.75) is 104 Å². The summed E-state index contributed by atoms with van der Waals surface area (Å²) in [6.07, 6.45) is 13.0. The van der Waals surface area contributed by atoms with Gasteiger partial charge in [0.05, 0.1) is 12.2 Å². The maximum atomic E-state index is 9.87. The van der Waals surface area contributed by atoms with Crippen LogP contribution in [0, 0.1) is 23.2 Å². The first-order chi connectivity index (χ1) is 12.9. The van der Waals surface area contributed by atoms with Gasteiger partial charge in [0.2, 0.25) is 0 Å². The summed E-state index contributed by atoms with van der Waals surface area (Å²) in [7, 11) is 0. The Kier molecular flexibility index (Phi) is 7.40. The number of hydrogen-bond acceptors (Lipinski definition) is 4. The van der Waals surface area contributed by atoms with Crippen LogP contribution in [0.4, 0.5) is 0 Å². The number of allylic oxidation sites excluding steroid dienone is 1. The first-order valence-electron chi connectivity index (χ1n) is 11.2. The van der Waals surface area contributed by atoms with Gasteiger partial charge in [0, 0.05) is 13.0 Å². The summed E-state index contributed by atoms with van der Waals surface area (Å²) in [4.78, 5) is 0. The standard InChI is InChI=1S/C23H40O4/c1-5-6-12-23(3,4)20(27-22-9-7-8-13-25-22)11-10-17-16(2)14-19-18(17)15-21(24)26-19/h10-11,16-22,24H,5-9,12-15H2,1-4H3/t16-,17+,18-,19+,20+,21-,22?/m1/s1. The highest BCUT2D eigenvalue weighted by Crippen LogP contribution is 2.47. The van der Waals surface area contributed by atoms with Gasteiger partial charge in [-0.15, -0.1) is 0 Å². The molecule has 0 aromatic rings. The molecule has 0 spiro atoms. The summed E-state index contributed by atoms with van der Waals surface area (Å²) in [5, 5.41) is 9.87. The molecule has 0 aromatic carbocycles. The van der Waals surface area contributed by atoms with E-state index in [4.69, 9.17) is 14.2 Å². The van der Waals surface area contributed by atoms with Gasteiger partial charge in [0.15, 0.2) is 12.6 Å². The van der Waals surface area contributed by atoms with E-state index in [0.717, 1.165) is 38.7 Å². The summed E-state index contributed by atoms with van der Waals surface area (Å²) in [5.74, 6) is 1.50. The third-order valence-electron chi connectivity index (χ3n) is 6.93. The van der Waals surface area contributed by atoms with Gasteiger partial charge in [-0.1, -0.05) is 52.7 Å². The normalized spacial score (nSPS) is 38.4. The van der Waals surface area contributed by atoms with Crippen molar-refractivity contribution in [3.63, 3.8) is 0 Å². The van der Waals surface area contributed by atoms with E-state index in [-0.39, 0.29) is 23.9 Å². The molecule has 0 radical (unpaired) electrons. The molecule has 2 aliphatic heterocycles. The van der Waals surface area contributed by atoms with E-state index in [2.05, 4.69) is 39.8 Å². The SMILES string of the molecule is CCCCC(C)(C)[C@H](C=C[C@@H]1[C@H]2C[C@H](O)O[C@H]2C[C@H]1C)OC1CCCCO1. The van der Waals surface area contributed by atoms with Gasteiger partial charge in [-0.2, -0.15) is 0 Å². The number of fused-ring (bicyclic) bond motifs is 1. The Labute approximate surface area is 165 Å². The molecule has 156 valence electrons. The average molecular weight is 381 g/mol. The minimum Gasteiger partial charge on any atom is -0.368 e. The fraction of sp³-hybridized carbons (Fsp3) is 0.913. The molecule has 1 saturated carbocycles. The zero-order valence-corrected chi connectivity index (χ0v) is 17.7. The highest BCUT2D eigenvalue weighted by atomic mass is 16.7. The van der Waals surface area contributed by atoms with Crippen LogP contribution in [-0.2, 0) is 14.2 Å². The van der Waals surface area contributed by atoms with Crippen LogP contribution in [0.1, 0.15) is 79.1 Å². The van der Waals surface area contributed by atoms with Gasteiger partial charge >= 0.3 is 0 Å². The first kappa shape index (κ1) is 21.3. The summed E-state index contributed by atoms with van der Waals surface area (Å²) < 4.78 is 18.1. The Bertz CT molecular complexity index is 483. The fourth-order valence-corrected chi connectivity index (χ4v) is 5.13. The summed E-state index contributed by atoms with van der Waals surface area (Å²) in [5.41, 5.74) is 0.0836. The second-order valence-electron chi connectivity index (χ2n) is 9.65. The fourth-order valence-electron chi connectivity index (χ4n) is 5.13. The van der Waals surface area contributed by atoms with Crippen molar-refractivity contribution in [1.82, 2.24) is 0 Å². The molecule has 0 aromatic heterocycles. The molecule has 3 aliphatic rings. The highest BCUT2D eigenvalue weighted by Gasteiger charge is 2.46. The quantitative estimate of drug-likeness (QED) is 0.599. The van der Waals surface area contributed by atoms with Crippen LogP contribution in [0.25, 0.3) is 0 Å². The largest absolute Gasteiger partial charge is 0.368 e. The smallest absolute Gasteiger partial charge is 0.158 e.